The molecule has 0 aromatic rings. The monoisotopic (exact) mass is 144 g/mol. The summed E-state index contributed by atoms with van der Waals surface area (Å²) in [6.45, 7) is 2.21. The fourth-order valence-electron chi connectivity index (χ4n) is 0.207. The van der Waals surface area contributed by atoms with E-state index in [9.17, 15) is 4.79 Å². The summed E-state index contributed by atoms with van der Waals surface area (Å²) in [6.07, 6.45) is 0. The summed E-state index contributed by atoms with van der Waals surface area (Å²) in [5.74, 6) is -0.0840. The van der Waals surface area contributed by atoms with Crippen molar-refractivity contribution in [1.29, 1.82) is 0 Å². The van der Waals surface area contributed by atoms with E-state index in [1.165, 1.54) is 0 Å². The molecule has 0 saturated carbocycles. The second-order valence-electron chi connectivity index (χ2n) is 0.963. The molecule has 0 rings (SSSR count). The number of thiol groups is 1. The third kappa shape index (κ3) is 6.82. The molecule has 8 heavy (non-hydrogen) atoms. The maximum absolute atomic E-state index is 10.1. The zero-order valence-electron chi connectivity index (χ0n) is 6.18. The Morgan fingerprint density at radius 1 is 1.88 bits per heavy atom. The van der Waals surface area contributed by atoms with Gasteiger partial charge in [0.1, 0.15) is 0 Å². The second-order valence-corrected chi connectivity index (χ2v) is 1.28. The van der Waals surface area contributed by atoms with Gasteiger partial charge >= 0.3 is 35.5 Å². The number of carbonyl (C=O) groups is 1. The molecule has 0 aromatic carbocycles. The summed E-state index contributed by atoms with van der Waals surface area (Å²) in [6, 6.07) is 0. The average molecular weight is 144 g/mol. The Kier molecular flexibility index (Phi) is 11.3. The Bertz CT molecular complexity index is 71.6. The van der Waals surface area contributed by atoms with Gasteiger partial charge in [0.05, 0.1) is 12.4 Å². The summed E-state index contributed by atoms with van der Waals surface area (Å²) in [4.78, 5) is 10.1. The smallest absolute Gasteiger partial charge is 1.00 e. The van der Waals surface area contributed by atoms with Gasteiger partial charge in [-0.3, -0.25) is 4.79 Å². The largest absolute Gasteiger partial charge is 1.00 e. The van der Waals surface area contributed by atoms with Crippen LogP contribution in [-0.4, -0.2) is 18.3 Å². The number of carbonyl (C=O) groups excluding carboxylic acids is 1. The standard InChI is InChI=1S/C4H8O2S.Na.H/c1-2-6-4(5)3-7;;/h7H,2-3H2,1H3;;/q;+1;-1. The number of rotatable bonds is 2. The van der Waals surface area contributed by atoms with Crippen molar-refractivity contribution in [2.24, 2.45) is 0 Å². The first-order valence-corrected chi connectivity index (χ1v) is 2.71. The van der Waals surface area contributed by atoms with Gasteiger partial charge in [-0.1, -0.05) is 0 Å². The minimum absolute atomic E-state index is 0. The molecule has 0 N–H and O–H groups in total. The molecule has 0 amide bonds. The van der Waals surface area contributed by atoms with Crippen LogP contribution in [-0.2, 0) is 9.53 Å². The number of ether oxygens (including phenoxy) is 1. The van der Waals surface area contributed by atoms with E-state index < -0.39 is 0 Å². The van der Waals surface area contributed by atoms with Crippen LogP contribution in [0.4, 0.5) is 0 Å². The molecule has 4 heteroatoms. The maximum Gasteiger partial charge on any atom is 1.00 e. The van der Waals surface area contributed by atoms with Crippen molar-refractivity contribution in [3.8, 4) is 0 Å². The zero-order chi connectivity index (χ0) is 5.70. The van der Waals surface area contributed by atoms with Crippen molar-refractivity contribution in [1.82, 2.24) is 0 Å². The Hall–Kier alpha value is 0.820. The topological polar surface area (TPSA) is 26.3 Å². The fraction of sp³-hybridized carbons (Fsp3) is 0.750. The van der Waals surface area contributed by atoms with E-state index in [1.54, 1.807) is 6.92 Å². The summed E-state index contributed by atoms with van der Waals surface area (Å²) < 4.78 is 4.48. The Balaban J connectivity index is -0.000000180. The van der Waals surface area contributed by atoms with Crippen molar-refractivity contribution >= 4 is 18.6 Å². The molecule has 0 aliphatic carbocycles. The van der Waals surface area contributed by atoms with Crippen molar-refractivity contribution in [2.75, 3.05) is 12.4 Å². The number of esters is 1. The Morgan fingerprint density at radius 3 is 2.50 bits per heavy atom. The predicted octanol–water partition coefficient (Wildman–Crippen LogP) is -2.40. The van der Waals surface area contributed by atoms with Gasteiger partial charge in [0.25, 0.3) is 0 Å². The van der Waals surface area contributed by atoms with Crippen LogP contribution in [0.3, 0.4) is 0 Å². The Labute approximate surface area is 78.2 Å². The van der Waals surface area contributed by atoms with Crippen molar-refractivity contribution < 1.29 is 40.5 Å². The summed E-state index contributed by atoms with van der Waals surface area (Å²) in [7, 11) is 0. The molecular formula is C4H9NaO2S. The van der Waals surface area contributed by atoms with E-state index in [0.717, 1.165) is 0 Å². The summed E-state index contributed by atoms with van der Waals surface area (Å²) >= 11 is 3.67. The molecule has 0 bridgehead atoms. The number of hydrogen-bond donors (Lipinski definition) is 1. The summed E-state index contributed by atoms with van der Waals surface area (Å²) in [5.41, 5.74) is 0. The number of hydrogen-bond acceptors (Lipinski definition) is 3. The summed E-state index contributed by atoms with van der Waals surface area (Å²) in [5, 5.41) is 0. The molecule has 0 atom stereocenters. The first kappa shape index (κ1) is 11.6. The molecule has 0 spiro atoms. The van der Waals surface area contributed by atoms with E-state index in [1.807, 2.05) is 0 Å². The van der Waals surface area contributed by atoms with Gasteiger partial charge in [-0.2, -0.15) is 12.6 Å². The molecule has 0 aliphatic heterocycles. The van der Waals surface area contributed by atoms with Crippen LogP contribution < -0.4 is 29.6 Å². The molecule has 0 aromatic heterocycles. The maximum atomic E-state index is 10.1. The molecule has 0 saturated heterocycles. The van der Waals surface area contributed by atoms with Crippen LogP contribution in [0.25, 0.3) is 0 Å². The Morgan fingerprint density at radius 2 is 2.38 bits per heavy atom. The van der Waals surface area contributed by atoms with Gasteiger partial charge in [0.15, 0.2) is 0 Å². The van der Waals surface area contributed by atoms with Crippen molar-refractivity contribution in [3.63, 3.8) is 0 Å². The van der Waals surface area contributed by atoms with E-state index >= 15 is 0 Å². The molecule has 0 unspecified atom stereocenters. The van der Waals surface area contributed by atoms with E-state index in [2.05, 4.69) is 17.4 Å². The van der Waals surface area contributed by atoms with Crippen molar-refractivity contribution in [3.05, 3.63) is 0 Å². The van der Waals surface area contributed by atoms with Crippen LogP contribution in [0.2, 0.25) is 0 Å². The first-order chi connectivity index (χ1) is 3.31. The normalized spacial score (nSPS) is 7.25. The second kappa shape index (κ2) is 7.82. The van der Waals surface area contributed by atoms with Crippen LogP contribution in [0, 0.1) is 0 Å². The minimum atomic E-state index is -0.258. The third-order valence-corrected chi connectivity index (χ3v) is 0.693. The molecule has 0 fully saturated rings. The fourth-order valence-corrected chi connectivity index (χ4v) is 0.298. The molecular weight excluding hydrogens is 135 g/mol. The molecule has 2 nitrogen and oxygen atoms in total. The molecule has 0 aliphatic rings. The van der Waals surface area contributed by atoms with Crippen molar-refractivity contribution in [2.45, 2.75) is 6.92 Å². The molecule has 0 heterocycles. The third-order valence-electron chi connectivity index (χ3n) is 0.434. The van der Waals surface area contributed by atoms with Crippen LogP contribution in [0.1, 0.15) is 8.35 Å². The first-order valence-electron chi connectivity index (χ1n) is 2.07. The predicted molar refractivity (Wildman–Crippen MR) is 31.6 cm³/mol. The van der Waals surface area contributed by atoms with Gasteiger partial charge in [0, 0.05) is 0 Å². The van der Waals surface area contributed by atoms with Gasteiger partial charge in [-0.05, 0) is 6.92 Å². The van der Waals surface area contributed by atoms with Crippen LogP contribution in [0.5, 0.6) is 0 Å². The average Bonchev–Trinajstić information content (AvgIpc) is 1.68. The van der Waals surface area contributed by atoms with Crippen LogP contribution >= 0.6 is 12.6 Å². The zero-order valence-corrected chi connectivity index (χ0v) is 8.07. The van der Waals surface area contributed by atoms with E-state index in [0.29, 0.717) is 6.61 Å². The van der Waals surface area contributed by atoms with Gasteiger partial charge in [0.2, 0.25) is 0 Å². The SMILES string of the molecule is CCOC(=O)CS.[H-].[Na+]. The quantitative estimate of drug-likeness (QED) is 0.265. The van der Waals surface area contributed by atoms with E-state index in [4.69, 9.17) is 0 Å². The minimum Gasteiger partial charge on any atom is -1.00 e. The van der Waals surface area contributed by atoms with E-state index in [-0.39, 0.29) is 42.7 Å². The molecule has 0 radical (unpaired) electrons. The van der Waals surface area contributed by atoms with Crippen LogP contribution in [0.15, 0.2) is 0 Å². The molecule has 44 valence electrons. The van der Waals surface area contributed by atoms with Gasteiger partial charge in [-0.15, -0.1) is 0 Å². The van der Waals surface area contributed by atoms with Gasteiger partial charge < -0.3 is 6.16 Å². The van der Waals surface area contributed by atoms with Gasteiger partial charge in [-0.25, -0.2) is 0 Å².